The fourth-order valence-corrected chi connectivity index (χ4v) is 3.48. The number of nitrogens with zero attached hydrogens (tertiary/aromatic N) is 6. The Kier molecular flexibility index (Phi) is 4.68. The minimum absolute atomic E-state index is 0.0140. The van der Waals surface area contributed by atoms with Crippen LogP contribution >= 0.6 is 0 Å². The van der Waals surface area contributed by atoms with Crippen LogP contribution in [-0.4, -0.2) is 44.3 Å². The number of benzene rings is 1. The number of tetrazole rings is 1. The van der Waals surface area contributed by atoms with Crippen molar-refractivity contribution in [1.29, 1.82) is 0 Å². The molecule has 1 aromatic carbocycles. The highest BCUT2D eigenvalue weighted by molar-refractivity contribution is 5.92. The van der Waals surface area contributed by atoms with Crippen molar-refractivity contribution in [2.75, 3.05) is 23.3 Å². The van der Waals surface area contributed by atoms with Gasteiger partial charge in [-0.2, -0.15) is 0 Å². The van der Waals surface area contributed by atoms with Gasteiger partial charge < -0.3 is 16.0 Å². The summed E-state index contributed by atoms with van der Waals surface area (Å²) in [6, 6.07) is 9.69. The molecule has 27 heavy (non-hydrogen) atoms. The van der Waals surface area contributed by atoms with Crippen molar-refractivity contribution in [3.63, 3.8) is 0 Å². The predicted octanol–water partition coefficient (Wildman–Crippen LogP) is 1.14. The minimum Gasteiger partial charge on any atom is -0.355 e. The lowest BCUT2D eigenvalue weighted by Crippen LogP contribution is -2.38. The number of carbonyl (C=O) groups is 1. The normalized spacial score (nSPS) is 15.3. The lowest BCUT2D eigenvalue weighted by molar-refractivity contribution is -0.120. The molecular weight excluding hydrogens is 344 g/mol. The molecule has 9 nitrogen and oxygen atoms in total. The van der Waals surface area contributed by atoms with Crippen LogP contribution in [0.1, 0.15) is 24.0 Å². The fraction of sp³-hybridized carbons (Fsp3) is 0.389. The fourth-order valence-electron chi connectivity index (χ4n) is 3.48. The van der Waals surface area contributed by atoms with E-state index in [-0.39, 0.29) is 11.8 Å². The maximum absolute atomic E-state index is 12.7. The van der Waals surface area contributed by atoms with E-state index in [1.807, 2.05) is 37.3 Å². The molecule has 1 fully saturated rings. The van der Waals surface area contributed by atoms with Gasteiger partial charge in [0.1, 0.15) is 0 Å². The van der Waals surface area contributed by atoms with Crippen molar-refractivity contribution in [2.24, 2.45) is 11.7 Å². The number of carbonyl (C=O) groups excluding carboxylic acids is 1. The van der Waals surface area contributed by atoms with Gasteiger partial charge >= 0.3 is 0 Å². The Bertz CT molecular complexity index is 961. The molecule has 1 saturated heterocycles. The molecule has 0 bridgehead atoms. The van der Waals surface area contributed by atoms with E-state index in [9.17, 15) is 4.79 Å². The van der Waals surface area contributed by atoms with Gasteiger partial charge in [-0.3, -0.25) is 4.79 Å². The summed E-state index contributed by atoms with van der Waals surface area (Å²) in [5.41, 5.74) is 9.26. The van der Waals surface area contributed by atoms with Crippen LogP contribution in [0.3, 0.4) is 0 Å². The second-order valence-electron chi connectivity index (χ2n) is 6.88. The van der Waals surface area contributed by atoms with Gasteiger partial charge in [0.25, 0.3) is 0 Å². The zero-order valence-electron chi connectivity index (χ0n) is 15.2. The number of hydrogen-bond acceptors (Lipinski definition) is 7. The molecule has 2 aromatic heterocycles. The molecule has 3 heterocycles. The highest BCUT2D eigenvalue weighted by atomic mass is 16.1. The molecule has 3 N–H and O–H groups in total. The number of nitrogens with two attached hydrogens (primary N) is 1. The number of rotatable bonds is 4. The highest BCUT2D eigenvalue weighted by Crippen LogP contribution is 2.24. The summed E-state index contributed by atoms with van der Waals surface area (Å²) in [7, 11) is 0. The molecule has 0 unspecified atom stereocenters. The monoisotopic (exact) mass is 366 g/mol. The van der Waals surface area contributed by atoms with Crippen LogP contribution in [0.25, 0.3) is 5.65 Å². The van der Waals surface area contributed by atoms with Gasteiger partial charge in [0.2, 0.25) is 5.91 Å². The Morgan fingerprint density at radius 2 is 2.07 bits per heavy atom. The third-order valence-electron chi connectivity index (χ3n) is 4.89. The molecule has 4 rings (SSSR count). The van der Waals surface area contributed by atoms with Gasteiger partial charge in [0, 0.05) is 31.2 Å². The van der Waals surface area contributed by atoms with Crippen LogP contribution in [0.5, 0.6) is 0 Å². The molecule has 140 valence electrons. The number of amides is 1. The highest BCUT2D eigenvalue weighted by Gasteiger charge is 2.26. The van der Waals surface area contributed by atoms with Crippen molar-refractivity contribution in [2.45, 2.75) is 26.3 Å². The van der Waals surface area contributed by atoms with Gasteiger partial charge in [-0.05, 0) is 65.6 Å². The van der Waals surface area contributed by atoms with Crippen LogP contribution < -0.4 is 16.0 Å². The van der Waals surface area contributed by atoms with Crippen LogP contribution in [-0.2, 0) is 11.3 Å². The summed E-state index contributed by atoms with van der Waals surface area (Å²) in [6.07, 6.45) is 1.55. The van der Waals surface area contributed by atoms with Gasteiger partial charge in [-0.1, -0.05) is 6.07 Å². The number of fused-ring (bicyclic) bond motifs is 1. The van der Waals surface area contributed by atoms with Crippen molar-refractivity contribution < 1.29 is 4.79 Å². The lowest BCUT2D eigenvalue weighted by atomic mass is 9.95. The molecule has 1 aliphatic heterocycles. The third-order valence-corrected chi connectivity index (χ3v) is 4.89. The van der Waals surface area contributed by atoms with Crippen molar-refractivity contribution in [3.05, 3.63) is 41.5 Å². The molecule has 1 aliphatic rings. The van der Waals surface area contributed by atoms with Gasteiger partial charge in [0.05, 0.1) is 0 Å². The number of hydrogen-bond donors (Lipinski definition) is 2. The molecule has 0 aliphatic carbocycles. The first-order chi connectivity index (χ1) is 13.1. The van der Waals surface area contributed by atoms with Crippen LogP contribution in [0, 0.1) is 12.8 Å². The molecule has 0 saturated carbocycles. The van der Waals surface area contributed by atoms with Crippen molar-refractivity contribution >= 4 is 23.1 Å². The Morgan fingerprint density at radius 3 is 2.85 bits per heavy atom. The molecule has 1 amide bonds. The van der Waals surface area contributed by atoms with E-state index in [2.05, 4.69) is 30.8 Å². The number of aryl methyl sites for hydroxylation is 1. The zero-order valence-corrected chi connectivity index (χ0v) is 15.2. The van der Waals surface area contributed by atoms with Crippen LogP contribution in [0.15, 0.2) is 30.3 Å². The molecular formula is C18H22N8O. The predicted molar refractivity (Wildman–Crippen MR) is 101 cm³/mol. The summed E-state index contributed by atoms with van der Waals surface area (Å²) in [4.78, 5) is 14.8. The van der Waals surface area contributed by atoms with E-state index >= 15 is 0 Å². The zero-order chi connectivity index (χ0) is 18.8. The Labute approximate surface area is 156 Å². The quantitative estimate of drug-likeness (QED) is 0.711. The first kappa shape index (κ1) is 17.3. The first-order valence-electron chi connectivity index (χ1n) is 9.04. The molecule has 0 radical (unpaired) electrons. The molecule has 0 spiro atoms. The average molecular weight is 366 g/mol. The first-order valence-corrected chi connectivity index (χ1v) is 9.04. The summed E-state index contributed by atoms with van der Waals surface area (Å²) in [6.45, 7) is 3.99. The number of piperidine rings is 1. The van der Waals surface area contributed by atoms with Crippen molar-refractivity contribution in [3.8, 4) is 0 Å². The Hall–Kier alpha value is -3.07. The summed E-state index contributed by atoms with van der Waals surface area (Å²) >= 11 is 0. The van der Waals surface area contributed by atoms with E-state index in [0.29, 0.717) is 12.2 Å². The SMILES string of the molecule is Cc1cc(CN)cc(NC(=O)C2CCN(c3ccc4nnnn4n3)CC2)c1. The topological polar surface area (TPSA) is 114 Å². The Morgan fingerprint density at radius 1 is 1.26 bits per heavy atom. The molecule has 3 aromatic rings. The smallest absolute Gasteiger partial charge is 0.227 e. The van der Waals surface area contributed by atoms with Gasteiger partial charge in [-0.25, -0.2) is 0 Å². The van der Waals surface area contributed by atoms with E-state index < -0.39 is 0 Å². The maximum Gasteiger partial charge on any atom is 0.227 e. The van der Waals surface area contributed by atoms with E-state index in [0.717, 1.165) is 48.6 Å². The largest absolute Gasteiger partial charge is 0.355 e. The van der Waals surface area contributed by atoms with Crippen LogP contribution in [0.4, 0.5) is 11.5 Å². The Balaban J connectivity index is 1.38. The summed E-state index contributed by atoms with van der Waals surface area (Å²) in [5, 5.41) is 18.8. The standard InChI is InChI=1S/C18H22N8O/c1-12-8-13(11-19)10-15(9-12)20-18(27)14-4-6-25(7-5-14)17-3-2-16-21-23-24-26(16)22-17/h2-3,8-10,14H,4-7,11,19H2,1H3,(H,20,27). The summed E-state index contributed by atoms with van der Waals surface area (Å²) < 4.78 is 1.42. The van der Waals surface area contributed by atoms with Gasteiger partial charge in [0.15, 0.2) is 11.5 Å². The van der Waals surface area contributed by atoms with Crippen molar-refractivity contribution in [1.82, 2.24) is 25.3 Å². The molecule has 9 heteroatoms. The summed E-state index contributed by atoms with van der Waals surface area (Å²) in [5.74, 6) is 0.867. The minimum atomic E-state index is -0.0140. The van der Waals surface area contributed by atoms with E-state index in [1.165, 1.54) is 4.63 Å². The lowest BCUT2D eigenvalue weighted by Gasteiger charge is -2.31. The molecule has 0 atom stereocenters. The third kappa shape index (κ3) is 3.72. The van der Waals surface area contributed by atoms with Gasteiger partial charge in [-0.15, -0.1) is 14.8 Å². The average Bonchev–Trinajstić information content (AvgIpc) is 3.15. The number of anilines is 2. The van der Waals surface area contributed by atoms with Crippen LogP contribution in [0.2, 0.25) is 0 Å². The van der Waals surface area contributed by atoms with E-state index in [4.69, 9.17) is 5.73 Å². The van der Waals surface area contributed by atoms with E-state index in [1.54, 1.807) is 0 Å². The second-order valence-corrected chi connectivity index (χ2v) is 6.88. The second kappa shape index (κ2) is 7.28. The number of aromatic nitrogens is 5. The maximum atomic E-state index is 12.7. The number of nitrogens with one attached hydrogen (secondary N) is 1.